The minimum absolute atomic E-state index is 0.328. The van der Waals surface area contributed by atoms with Gasteiger partial charge in [0.15, 0.2) is 0 Å². The van der Waals surface area contributed by atoms with Gasteiger partial charge in [0.1, 0.15) is 0 Å². The molecule has 4 nitrogen and oxygen atoms in total. The van der Waals surface area contributed by atoms with Crippen LogP contribution in [-0.4, -0.2) is 50.3 Å². The molecule has 136 valence electrons. The lowest BCUT2D eigenvalue weighted by Gasteiger charge is -2.49. The van der Waals surface area contributed by atoms with Crippen LogP contribution in [0.2, 0.25) is 0 Å². The molecule has 1 atom stereocenters. The van der Waals surface area contributed by atoms with Crippen LogP contribution >= 0.6 is 0 Å². The summed E-state index contributed by atoms with van der Waals surface area (Å²) >= 11 is 0. The lowest BCUT2D eigenvalue weighted by molar-refractivity contribution is -0.138. The maximum Gasteiger partial charge on any atom is 0.226 e. The molecular weight excluding hydrogens is 302 g/mol. The third-order valence-electron chi connectivity index (χ3n) is 6.33. The molecule has 1 amide bonds. The van der Waals surface area contributed by atoms with Crippen molar-refractivity contribution in [1.82, 2.24) is 4.90 Å². The monoisotopic (exact) mass is 335 g/mol. The Kier molecular flexibility index (Phi) is 6.34. The Morgan fingerprint density at radius 1 is 1.33 bits per heavy atom. The smallest absolute Gasteiger partial charge is 0.226 e. The van der Waals surface area contributed by atoms with Crippen molar-refractivity contribution in [2.75, 3.05) is 39.5 Å². The van der Waals surface area contributed by atoms with Crippen LogP contribution in [-0.2, 0) is 14.3 Å². The Morgan fingerprint density at radius 2 is 2.17 bits per heavy atom. The van der Waals surface area contributed by atoms with Gasteiger partial charge in [-0.3, -0.25) is 4.79 Å². The summed E-state index contributed by atoms with van der Waals surface area (Å²) in [7, 11) is 0. The van der Waals surface area contributed by atoms with Crippen LogP contribution in [0.25, 0.3) is 0 Å². The number of allylic oxidation sites excluding steroid dienone is 1. The molecule has 2 saturated heterocycles. The number of hydrogen-bond acceptors (Lipinski definition) is 3. The predicted octanol–water partition coefficient (Wildman–Crippen LogP) is 3.56. The minimum atomic E-state index is 0.328. The van der Waals surface area contributed by atoms with Gasteiger partial charge in [-0.15, -0.1) is 0 Å². The van der Waals surface area contributed by atoms with Gasteiger partial charge < -0.3 is 14.4 Å². The molecule has 0 aromatic rings. The van der Waals surface area contributed by atoms with Crippen molar-refractivity contribution in [3.63, 3.8) is 0 Å². The van der Waals surface area contributed by atoms with Crippen LogP contribution in [0.5, 0.6) is 0 Å². The number of amides is 1. The molecular formula is C20H33NO3. The van der Waals surface area contributed by atoms with Crippen molar-refractivity contribution in [1.29, 1.82) is 0 Å². The molecule has 24 heavy (non-hydrogen) atoms. The molecule has 3 rings (SSSR count). The standard InChI is InChI=1S/C20H33NO3/c1-2-23-15-18-16-24-13-10-20(18)8-11-21(12-9-20)19(22)14-17-6-4-3-5-7-17/h6,18H,2-5,7-16H2,1H3/t18-/m1/s1. The van der Waals surface area contributed by atoms with Crippen molar-refractivity contribution in [3.05, 3.63) is 11.6 Å². The van der Waals surface area contributed by atoms with Gasteiger partial charge in [-0.2, -0.15) is 0 Å². The van der Waals surface area contributed by atoms with E-state index in [1.807, 2.05) is 0 Å². The first kappa shape index (κ1) is 17.9. The lowest BCUT2D eigenvalue weighted by atomic mass is 9.66. The number of carbonyl (C=O) groups is 1. The Balaban J connectivity index is 1.53. The SMILES string of the molecule is CCOC[C@@H]1COCCC12CCN(C(=O)CC1=CCCCC1)CC2. The van der Waals surface area contributed by atoms with Crippen molar-refractivity contribution in [2.45, 2.75) is 58.3 Å². The van der Waals surface area contributed by atoms with E-state index in [0.717, 1.165) is 71.6 Å². The van der Waals surface area contributed by atoms with Crippen molar-refractivity contribution in [2.24, 2.45) is 11.3 Å². The number of nitrogens with zero attached hydrogens (tertiary/aromatic N) is 1. The van der Waals surface area contributed by atoms with Gasteiger partial charge >= 0.3 is 0 Å². The van der Waals surface area contributed by atoms with Crippen molar-refractivity contribution in [3.8, 4) is 0 Å². The van der Waals surface area contributed by atoms with Gasteiger partial charge in [0.05, 0.1) is 13.2 Å². The number of likely N-dealkylation sites (tertiary alicyclic amines) is 1. The summed E-state index contributed by atoms with van der Waals surface area (Å²) in [4.78, 5) is 14.7. The molecule has 4 heteroatoms. The van der Waals surface area contributed by atoms with E-state index in [0.29, 0.717) is 23.7 Å². The first-order valence-electron chi connectivity index (χ1n) is 9.85. The van der Waals surface area contributed by atoms with Gasteiger partial charge in [0, 0.05) is 38.6 Å². The first-order chi connectivity index (χ1) is 11.7. The molecule has 0 N–H and O–H groups in total. The molecule has 0 unspecified atom stereocenters. The predicted molar refractivity (Wildman–Crippen MR) is 94.8 cm³/mol. The Labute approximate surface area is 146 Å². The molecule has 0 saturated carbocycles. The summed E-state index contributed by atoms with van der Waals surface area (Å²) in [6.07, 6.45) is 11.1. The van der Waals surface area contributed by atoms with Crippen LogP contribution in [0, 0.1) is 11.3 Å². The topological polar surface area (TPSA) is 38.8 Å². The third-order valence-corrected chi connectivity index (χ3v) is 6.33. The summed E-state index contributed by atoms with van der Waals surface area (Å²) in [5.41, 5.74) is 1.70. The van der Waals surface area contributed by atoms with Crippen LogP contribution in [0.15, 0.2) is 11.6 Å². The number of hydrogen-bond donors (Lipinski definition) is 0. The van der Waals surface area contributed by atoms with Crippen LogP contribution in [0.3, 0.4) is 0 Å². The largest absolute Gasteiger partial charge is 0.381 e. The zero-order valence-corrected chi connectivity index (χ0v) is 15.2. The van der Waals surface area contributed by atoms with E-state index in [2.05, 4.69) is 17.9 Å². The van der Waals surface area contributed by atoms with Gasteiger partial charge in [0.2, 0.25) is 5.91 Å². The molecule has 0 bridgehead atoms. The summed E-state index contributed by atoms with van der Waals surface area (Å²) in [5.74, 6) is 0.830. The zero-order chi connectivity index (χ0) is 16.8. The summed E-state index contributed by atoms with van der Waals surface area (Å²) < 4.78 is 11.4. The van der Waals surface area contributed by atoms with E-state index >= 15 is 0 Å². The molecule has 2 heterocycles. The van der Waals surface area contributed by atoms with E-state index in [1.54, 1.807) is 0 Å². The lowest BCUT2D eigenvalue weighted by Crippen LogP contribution is -2.50. The first-order valence-corrected chi connectivity index (χ1v) is 9.85. The highest BCUT2D eigenvalue weighted by Gasteiger charge is 2.44. The van der Waals surface area contributed by atoms with Gasteiger partial charge in [0.25, 0.3) is 0 Å². The second-order valence-electron chi connectivity index (χ2n) is 7.71. The molecule has 3 aliphatic rings. The average molecular weight is 335 g/mol. The number of rotatable bonds is 5. The second-order valence-corrected chi connectivity index (χ2v) is 7.71. The minimum Gasteiger partial charge on any atom is -0.381 e. The number of ether oxygens (including phenoxy) is 2. The van der Waals surface area contributed by atoms with E-state index < -0.39 is 0 Å². The van der Waals surface area contributed by atoms with E-state index in [-0.39, 0.29) is 0 Å². The van der Waals surface area contributed by atoms with E-state index in [1.165, 1.54) is 18.4 Å². The highest BCUT2D eigenvalue weighted by atomic mass is 16.5. The van der Waals surface area contributed by atoms with Gasteiger partial charge in [-0.05, 0) is 57.3 Å². The molecule has 2 aliphatic heterocycles. The number of piperidine rings is 1. The quantitative estimate of drug-likeness (QED) is 0.721. The fourth-order valence-electron chi connectivity index (χ4n) is 4.60. The molecule has 0 radical (unpaired) electrons. The third kappa shape index (κ3) is 4.20. The molecule has 1 aliphatic carbocycles. The molecule has 1 spiro atoms. The normalized spacial score (nSPS) is 27.1. The zero-order valence-electron chi connectivity index (χ0n) is 15.2. The summed E-state index contributed by atoms with van der Waals surface area (Å²) in [5, 5.41) is 0. The highest BCUT2D eigenvalue weighted by molar-refractivity contribution is 5.78. The Morgan fingerprint density at radius 3 is 2.88 bits per heavy atom. The highest BCUT2D eigenvalue weighted by Crippen LogP contribution is 2.45. The fourth-order valence-corrected chi connectivity index (χ4v) is 4.60. The number of carbonyl (C=O) groups excluding carboxylic acids is 1. The Bertz CT molecular complexity index is 452. The van der Waals surface area contributed by atoms with Gasteiger partial charge in [-0.1, -0.05) is 11.6 Å². The maximum absolute atomic E-state index is 12.6. The van der Waals surface area contributed by atoms with Crippen molar-refractivity contribution >= 4 is 5.91 Å². The average Bonchev–Trinajstić information content (AvgIpc) is 2.62. The second kappa shape index (κ2) is 8.48. The van der Waals surface area contributed by atoms with Crippen LogP contribution in [0.4, 0.5) is 0 Å². The molecule has 0 aromatic heterocycles. The summed E-state index contributed by atoms with van der Waals surface area (Å²) in [6.45, 7) is 7.13. The van der Waals surface area contributed by atoms with Gasteiger partial charge in [-0.25, -0.2) is 0 Å². The molecule has 0 aromatic carbocycles. The van der Waals surface area contributed by atoms with E-state index in [4.69, 9.17) is 9.47 Å². The maximum atomic E-state index is 12.6. The fraction of sp³-hybridized carbons (Fsp3) is 0.850. The summed E-state index contributed by atoms with van der Waals surface area (Å²) in [6, 6.07) is 0. The molecule has 2 fully saturated rings. The van der Waals surface area contributed by atoms with Crippen molar-refractivity contribution < 1.29 is 14.3 Å². The van der Waals surface area contributed by atoms with E-state index in [9.17, 15) is 4.79 Å². The van der Waals surface area contributed by atoms with Crippen LogP contribution in [0.1, 0.15) is 58.3 Å². The Hall–Kier alpha value is -0.870. The van der Waals surface area contributed by atoms with Crippen LogP contribution < -0.4 is 0 Å².